The molecule has 33 heavy (non-hydrogen) atoms. The van der Waals surface area contributed by atoms with Crippen molar-refractivity contribution in [2.45, 2.75) is 82.2 Å². The lowest BCUT2D eigenvalue weighted by atomic mass is 9.92. The fourth-order valence-electron chi connectivity index (χ4n) is 5.81. The Morgan fingerprint density at radius 3 is 2.67 bits per heavy atom. The molecular formula is C25H34N3O5+. The van der Waals surface area contributed by atoms with Gasteiger partial charge in [0.15, 0.2) is 6.04 Å². The van der Waals surface area contributed by atoms with Gasteiger partial charge in [0.1, 0.15) is 11.9 Å². The zero-order valence-corrected chi connectivity index (χ0v) is 19.5. The number of hydrogen-bond donors (Lipinski definition) is 2. The van der Waals surface area contributed by atoms with Gasteiger partial charge in [-0.2, -0.15) is 0 Å². The number of piperidine rings is 1. The number of nitrogens with one attached hydrogen (secondary N) is 1. The second-order valence-electron chi connectivity index (χ2n) is 10.1. The first-order chi connectivity index (χ1) is 15.9. The third-order valence-electron chi connectivity index (χ3n) is 8.04. The van der Waals surface area contributed by atoms with Crippen molar-refractivity contribution in [1.82, 2.24) is 9.80 Å². The number of aliphatic hydroxyl groups is 1. The Hall–Kier alpha value is -2.45. The highest BCUT2D eigenvalue weighted by Gasteiger charge is 2.42. The first-order valence-corrected chi connectivity index (χ1v) is 12.1. The second kappa shape index (κ2) is 8.72. The van der Waals surface area contributed by atoms with Crippen LogP contribution in [-0.4, -0.2) is 76.6 Å². The highest BCUT2D eigenvalue weighted by molar-refractivity contribution is 6.01. The highest BCUT2D eigenvalue weighted by Crippen LogP contribution is 2.35. The molecule has 0 radical (unpaired) electrons. The van der Waals surface area contributed by atoms with E-state index in [1.165, 1.54) is 0 Å². The number of ether oxygens (including phenoxy) is 2. The van der Waals surface area contributed by atoms with Gasteiger partial charge in [0.25, 0.3) is 5.91 Å². The van der Waals surface area contributed by atoms with E-state index < -0.39 is 6.04 Å². The van der Waals surface area contributed by atoms with Crippen LogP contribution in [0.5, 0.6) is 5.75 Å². The van der Waals surface area contributed by atoms with Crippen LogP contribution >= 0.6 is 0 Å². The van der Waals surface area contributed by atoms with E-state index in [4.69, 9.17) is 9.47 Å². The summed E-state index contributed by atoms with van der Waals surface area (Å²) >= 11 is 0. The van der Waals surface area contributed by atoms with E-state index in [2.05, 4.69) is 16.8 Å². The topological polar surface area (TPSA) is 93.3 Å². The molecule has 1 saturated heterocycles. The largest absolute Gasteiger partial charge is 0.489 e. The van der Waals surface area contributed by atoms with Crippen LogP contribution in [0, 0.1) is 0 Å². The average molecular weight is 457 g/mol. The molecule has 3 heterocycles. The molecule has 1 aliphatic carbocycles. The quantitative estimate of drug-likeness (QED) is 0.691. The molecule has 0 bridgehead atoms. The van der Waals surface area contributed by atoms with Gasteiger partial charge in [-0.25, -0.2) is 4.79 Å². The third kappa shape index (κ3) is 4.26. The summed E-state index contributed by atoms with van der Waals surface area (Å²) in [6.07, 6.45) is 6.30. The molecule has 3 atom stereocenters. The van der Waals surface area contributed by atoms with Crippen molar-refractivity contribution >= 4 is 17.7 Å². The summed E-state index contributed by atoms with van der Waals surface area (Å²) in [5.74, 6) is 0.334. The molecule has 3 aliphatic heterocycles. The summed E-state index contributed by atoms with van der Waals surface area (Å²) in [6.45, 7) is 4.66. The van der Waals surface area contributed by atoms with E-state index in [9.17, 15) is 14.7 Å². The van der Waals surface area contributed by atoms with Gasteiger partial charge in [-0.3, -0.25) is 9.69 Å². The Morgan fingerprint density at radius 2 is 1.94 bits per heavy atom. The number of nitrogens with zero attached hydrogens (tertiary/aromatic N) is 2. The Morgan fingerprint density at radius 1 is 1.15 bits per heavy atom. The van der Waals surface area contributed by atoms with E-state index in [1.807, 2.05) is 18.2 Å². The normalized spacial score (nSPS) is 29.8. The van der Waals surface area contributed by atoms with Gasteiger partial charge in [0.2, 0.25) is 0 Å². The Balaban J connectivity index is 1.26. The van der Waals surface area contributed by atoms with E-state index >= 15 is 0 Å². The van der Waals surface area contributed by atoms with Gasteiger partial charge in [0, 0.05) is 38.3 Å². The van der Waals surface area contributed by atoms with Gasteiger partial charge in [-0.05, 0) is 69.2 Å². The van der Waals surface area contributed by atoms with E-state index in [-0.39, 0.29) is 29.4 Å². The van der Waals surface area contributed by atoms with Crippen LogP contribution in [0.2, 0.25) is 0 Å². The SMILES string of the molecule is COC1(C)CCN([C@H]2CCC[C@@H]2Oc2ccc3c(c2)CN(C2CCC(=O)[NH+]=C2O)C3=O)CC1. The summed E-state index contributed by atoms with van der Waals surface area (Å²) in [7, 11) is 1.81. The molecular weight excluding hydrogens is 422 g/mol. The molecule has 2 fully saturated rings. The molecule has 0 spiro atoms. The standard InChI is InChI=1S/C25H33N3O5/c1-25(32-2)10-12-27(13-11-25)19-4-3-5-21(19)33-17-6-7-18-16(14-17)15-28(24(18)31)20-8-9-22(29)26-23(20)30/h6-7,14,19-21H,3-5,8-13,15H2,1-2H3,(H,26,29,30)/p+1/t19-,20?,21-/m0/s1. The minimum Gasteiger partial charge on any atom is -0.489 e. The summed E-state index contributed by atoms with van der Waals surface area (Å²) in [6, 6.07) is 5.62. The summed E-state index contributed by atoms with van der Waals surface area (Å²) in [5.41, 5.74) is 1.53. The Labute approximate surface area is 194 Å². The third-order valence-corrected chi connectivity index (χ3v) is 8.04. The number of carbonyl (C=O) groups is 2. The minimum atomic E-state index is -0.483. The lowest BCUT2D eigenvalue weighted by Gasteiger charge is -2.42. The molecule has 8 heteroatoms. The number of likely N-dealkylation sites (tertiary alicyclic amines) is 1. The van der Waals surface area contributed by atoms with Crippen LogP contribution in [0.15, 0.2) is 18.2 Å². The van der Waals surface area contributed by atoms with Gasteiger partial charge in [-0.1, -0.05) is 0 Å². The minimum absolute atomic E-state index is 0.0170. The van der Waals surface area contributed by atoms with Crippen molar-refractivity contribution in [2.75, 3.05) is 20.2 Å². The van der Waals surface area contributed by atoms with E-state index in [0.29, 0.717) is 31.0 Å². The number of amides is 2. The molecule has 2 amide bonds. The predicted molar refractivity (Wildman–Crippen MR) is 121 cm³/mol. The molecule has 2 N–H and O–H groups in total. The van der Waals surface area contributed by atoms with Crippen LogP contribution in [-0.2, 0) is 16.1 Å². The second-order valence-corrected chi connectivity index (χ2v) is 10.1. The van der Waals surface area contributed by atoms with Crippen LogP contribution in [0.3, 0.4) is 0 Å². The molecule has 4 aliphatic rings. The van der Waals surface area contributed by atoms with Crippen LogP contribution in [0.4, 0.5) is 0 Å². The van der Waals surface area contributed by atoms with Gasteiger partial charge in [0.05, 0.1) is 12.0 Å². The zero-order chi connectivity index (χ0) is 23.2. The van der Waals surface area contributed by atoms with E-state index in [1.54, 1.807) is 12.0 Å². The Bertz CT molecular complexity index is 969. The van der Waals surface area contributed by atoms with Crippen molar-refractivity contribution in [3.63, 3.8) is 0 Å². The fourth-order valence-corrected chi connectivity index (χ4v) is 5.81. The molecule has 0 aromatic heterocycles. The maximum atomic E-state index is 12.9. The van der Waals surface area contributed by atoms with Crippen molar-refractivity contribution in [1.29, 1.82) is 0 Å². The molecule has 5 rings (SSSR count). The number of carbonyl (C=O) groups excluding carboxylic acids is 2. The molecule has 178 valence electrons. The lowest BCUT2D eigenvalue weighted by molar-refractivity contribution is -0.394. The lowest BCUT2D eigenvalue weighted by Crippen LogP contribution is -2.82. The van der Waals surface area contributed by atoms with Crippen LogP contribution in [0.25, 0.3) is 0 Å². The maximum Gasteiger partial charge on any atom is 0.388 e. The number of hydrogen-bond acceptors (Lipinski definition) is 5. The smallest absolute Gasteiger partial charge is 0.388 e. The van der Waals surface area contributed by atoms with Crippen LogP contribution in [0.1, 0.15) is 67.8 Å². The number of rotatable bonds is 5. The molecule has 8 nitrogen and oxygen atoms in total. The first kappa shape index (κ1) is 22.3. The number of aliphatic hydroxyl groups excluding tert-OH is 1. The van der Waals surface area contributed by atoms with Crippen molar-refractivity contribution in [3.05, 3.63) is 29.3 Å². The van der Waals surface area contributed by atoms with E-state index in [0.717, 1.165) is 56.5 Å². The number of fused-ring (bicyclic) bond motifs is 1. The van der Waals surface area contributed by atoms with Gasteiger partial charge >= 0.3 is 11.8 Å². The molecule has 1 aromatic rings. The van der Waals surface area contributed by atoms with Gasteiger partial charge in [-0.15, -0.1) is 4.99 Å². The predicted octanol–water partition coefficient (Wildman–Crippen LogP) is 1.17. The monoisotopic (exact) mass is 456 g/mol. The zero-order valence-electron chi connectivity index (χ0n) is 19.5. The molecule has 1 unspecified atom stereocenters. The molecule has 1 aromatic carbocycles. The van der Waals surface area contributed by atoms with Crippen LogP contribution < -0.4 is 9.73 Å². The average Bonchev–Trinajstić information content (AvgIpc) is 3.39. The Kier molecular flexibility index (Phi) is 5.91. The van der Waals surface area contributed by atoms with Gasteiger partial charge < -0.3 is 19.5 Å². The maximum absolute atomic E-state index is 12.9. The number of benzene rings is 1. The molecule has 1 saturated carbocycles. The number of methoxy groups -OCH3 is 1. The van der Waals surface area contributed by atoms with Crippen molar-refractivity contribution < 1.29 is 29.2 Å². The summed E-state index contributed by atoms with van der Waals surface area (Å²) < 4.78 is 12.2. The fraction of sp³-hybridized carbons (Fsp3) is 0.640. The first-order valence-electron chi connectivity index (χ1n) is 12.1. The van der Waals surface area contributed by atoms with Crippen molar-refractivity contribution in [2.24, 2.45) is 0 Å². The van der Waals surface area contributed by atoms with Crippen molar-refractivity contribution in [3.8, 4) is 5.75 Å². The highest BCUT2D eigenvalue weighted by atomic mass is 16.5. The summed E-state index contributed by atoms with van der Waals surface area (Å²) in [5, 5.41) is 10.2. The summed E-state index contributed by atoms with van der Waals surface area (Å²) in [4.78, 5) is 31.1.